The SMILES string of the molecule is O=C(Nc1ccccc1-c1nc2ccccc2[nH]1)c1cnn(-c2ccccc2)c1. The molecule has 6 nitrogen and oxygen atoms in total. The maximum Gasteiger partial charge on any atom is 0.258 e. The van der Waals surface area contributed by atoms with E-state index in [2.05, 4.69) is 20.4 Å². The van der Waals surface area contributed by atoms with E-state index >= 15 is 0 Å². The van der Waals surface area contributed by atoms with Crippen molar-refractivity contribution in [3.05, 3.63) is 96.8 Å². The summed E-state index contributed by atoms with van der Waals surface area (Å²) in [4.78, 5) is 20.8. The highest BCUT2D eigenvalue weighted by atomic mass is 16.1. The molecule has 0 aliphatic heterocycles. The number of nitrogens with zero attached hydrogens (tertiary/aromatic N) is 3. The van der Waals surface area contributed by atoms with Crippen LogP contribution in [0.4, 0.5) is 5.69 Å². The molecule has 0 radical (unpaired) electrons. The van der Waals surface area contributed by atoms with Gasteiger partial charge in [-0.15, -0.1) is 0 Å². The van der Waals surface area contributed by atoms with E-state index in [4.69, 9.17) is 0 Å². The first-order valence-electron chi connectivity index (χ1n) is 9.23. The lowest BCUT2D eigenvalue weighted by Crippen LogP contribution is -2.12. The van der Waals surface area contributed by atoms with E-state index in [1.165, 1.54) is 0 Å². The highest BCUT2D eigenvalue weighted by Crippen LogP contribution is 2.28. The zero-order valence-electron chi connectivity index (χ0n) is 15.4. The molecule has 0 fully saturated rings. The monoisotopic (exact) mass is 379 g/mol. The molecule has 0 aliphatic rings. The van der Waals surface area contributed by atoms with Crippen LogP contribution in [0.25, 0.3) is 28.1 Å². The largest absolute Gasteiger partial charge is 0.338 e. The molecule has 0 saturated heterocycles. The number of nitrogens with one attached hydrogen (secondary N) is 2. The van der Waals surface area contributed by atoms with Crippen LogP contribution in [0.3, 0.4) is 0 Å². The van der Waals surface area contributed by atoms with Crippen molar-refractivity contribution in [1.82, 2.24) is 19.7 Å². The summed E-state index contributed by atoms with van der Waals surface area (Å²) in [5, 5.41) is 7.28. The molecule has 0 bridgehead atoms. The lowest BCUT2D eigenvalue weighted by atomic mass is 10.1. The lowest BCUT2D eigenvalue weighted by Gasteiger charge is -2.08. The maximum atomic E-state index is 12.8. The Kier molecular flexibility index (Phi) is 4.14. The van der Waals surface area contributed by atoms with Gasteiger partial charge in [0.05, 0.1) is 34.2 Å². The molecule has 1 amide bonds. The van der Waals surface area contributed by atoms with E-state index in [0.29, 0.717) is 17.1 Å². The Labute approximate surface area is 166 Å². The van der Waals surface area contributed by atoms with Crippen LogP contribution < -0.4 is 5.32 Å². The normalized spacial score (nSPS) is 10.9. The van der Waals surface area contributed by atoms with Crippen molar-refractivity contribution in [3.8, 4) is 17.1 Å². The molecule has 3 aromatic carbocycles. The lowest BCUT2D eigenvalue weighted by molar-refractivity contribution is 0.102. The molecular weight excluding hydrogens is 362 g/mol. The Balaban J connectivity index is 1.44. The number of para-hydroxylation sites is 4. The number of H-pyrrole nitrogens is 1. The molecule has 140 valence electrons. The van der Waals surface area contributed by atoms with E-state index < -0.39 is 0 Å². The van der Waals surface area contributed by atoms with Crippen molar-refractivity contribution in [3.63, 3.8) is 0 Å². The van der Waals surface area contributed by atoms with E-state index in [0.717, 1.165) is 22.3 Å². The van der Waals surface area contributed by atoms with Gasteiger partial charge in [0.1, 0.15) is 5.82 Å². The fourth-order valence-electron chi connectivity index (χ4n) is 3.24. The van der Waals surface area contributed by atoms with Crippen LogP contribution in [0.15, 0.2) is 91.3 Å². The van der Waals surface area contributed by atoms with E-state index in [1.54, 1.807) is 17.1 Å². The molecular formula is C23H17N5O. The molecule has 0 unspecified atom stereocenters. The number of hydrogen-bond donors (Lipinski definition) is 2. The van der Waals surface area contributed by atoms with Gasteiger partial charge in [-0.05, 0) is 36.4 Å². The second kappa shape index (κ2) is 7.09. The fourth-order valence-corrected chi connectivity index (χ4v) is 3.24. The third kappa shape index (κ3) is 3.27. The van der Waals surface area contributed by atoms with Gasteiger partial charge in [0.2, 0.25) is 0 Å². The Bertz CT molecular complexity index is 1270. The number of anilines is 1. The molecule has 2 N–H and O–H groups in total. The van der Waals surface area contributed by atoms with Gasteiger partial charge in [-0.3, -0.25) is 4.79 Å². The molecule has 5 aromatic rings. The first-order chi connectivity index (χ1) is 14.3. The summed E-state index contributed by atoms with van der Waals surface area (Å²) in [6.45, 7) is 0. The van der Waals surface area contributed by atoms with Crippen molar-refractivity contribution in [2.45, 2.75) is 0 Å². The van der Waals surface area contributed by atoms with Crippen molar-refractivity contribution >= 4 is 22.6 Å². The van der Waals surface area contributed by atoms with Crippen LogP contribution in [-0.4, -0.2) is 25.7 Å². The molecule has 0 saturated carbocycles. The summed E-state index contributed by atoms with van der Waals surface area (Å²) in [6, 6.07) is 25.1. The number of fused-ring (bicyclic) bond motifs is 1. The highest BCUT2D eigenvalue weighted by Gasteiger charge is 2.14. The third-order valence-electron chi connectivity index (χ3n) is 4.69. The molecule has 2 heterocycles. The van der Waals surface area contributed by atoms with Crippen LogP contribution in [0, 0.1) is 0 Å². The second-order valence-electron chi connectivity index (χ2n) is 6.61. The predicted molar refractivity (Wildman–Crippen MR) is 113 cm³/mol. The van der Waals surface area contributed by atoms with Gasteiger partial charge < -0.3 is 10.3 Å². The minimum Gasteiger partial charge on any atom is -0.338 e. The van der Waals surface area contributed by atoms with Gasteiger partial charge in [-0.25, -0.2) is 9.67 Å². The Morgan fingerprint density at radius 3 is 2.52 bits per heavy atom. The Morgan fingerprint density at radius 2 is 1.66 bits per heavy atom. The summed E-state index contributed by atoms with van der Waals surface area (Å²) >= 11 is 0. The second-order valence-corrected chi connectivity index (χ2v) is 6.61. The van der Waals surface area contributed by atoms with E-state index in [1.807, 2.05) is 78.9 Å². The van der Waals surface area contributed by atoms with Crippen molar-refractivity contribution in [2.75, 3.05) is 5.32 Å². The average molecular weight is 379 g/mol. The molecule has 5 rings (SSSR count). The number of carbonyl (C=O) groups excluding carboxylic acids is 1. The van der Waals surface area contributed by atoms with Crippen molar-refractivity contribution in [2.24, 2.45) is 0 Å². The number of carbonyl (C=O) groups is 1. The van der Waals surface area contributed by atoms with E-state index in [-0.39, 0.29) is 5.91 Å². The number of imidazole rings is 1. The zero-order chi connectivity index (χ0) is 19.6. The van der Waals surface area contributed by atoms with Gasteiger partial charge in [-0.2, -0.15) is 5.10 Å². The van der Waals surface area contributed by atoms with Crippen molar-refractivity contribution < 1.29 is 4.79 Å². The summed E-state index contributed by atoms with van der Waals surface area (Å²) < 4.78 is 1.68. The first kappa shape index (κ1) is 16.9. The van der Waals surface area contributed by atoms with Gasteiger partial charge in [0.15, 0.2) is 0 Å². The van der Waals surface area contributed by atoms with Gasteiger partial charge in [-0.1, -0.05) is 42.5 Å². The summed E-state index contributed by atoms with van der Waals surface area (Å²) in [7, 11) is 0. The van der Waals surface area contributed by atoms with Gasteiger partial charge in [0, 0.05) is 11.8 Å². The molecule has 2 aromatic heterocycles. The fraction of sp³-hybridized carbons (Fsp3) is 0. The number of hydrogen-bond acceptors (Lipinski definition) is 3. The number of amides is 1. The molecule has 29 heavy (non-hydrogen) atoms. The minimum atomic E-state index is -0.226. The summed E-state index contributed by atoms with van der Waals surface area (Å²) in [5.74, 6) is 0.484. The van der Waals surface area contributed by atoms with Crippen LogP contribution in [0.5, 0.6) is 0 Å². The van der Waals surface area contributed by atoms with Crippen LogP contribution >= 0.6 is 0 Å². The minimum absolute atomic E-state index is 0.226. The van der Waals surface area contributed by atoms with E-state index in [9.17, 15) is 4.79 Å². The van der Waals surface area contributed by atoms with Gasteiger partial charge >= 0.3 is 0 Å². The predicted octanol–water partition coefficient (Wildman–Crippen LogP) is 4.67. The number of aromatic nitrogens is 4. The molecule has 0 aliphatic carbocycles. The molecule has 0 spiro atoms. The summed E-state index contributed by atoms with van der Waals surface area (Å²) in [5.41, 5.74) is 4.72. The van der Waals surface area contributed by atoms with Crippen molar-refractivity contribution in [1.29, 1.82) is 0 Å². The average Bonchev–Trinajstić information content (AvgIpc) is 3.42. The van der Waals surface area contributed by atoms with Crippen LogP contribution in [0.1, 0.15) is 10.4 Å². The Morgan fingerprint density at radius 1 is 0.897 bits per heavy atom. The Hall–Kier alpha value is -4.19. The summed E-state index contributed by atoms with van der Waals surface area (Å²) in [6.07, 6.45) is 3.28. The smallest absolute Gasteiger partial charge is 0.258 e. The zero-order valence-corrected chi connectivity index (χ0v) is 15.4. The highest BCUT2D eigenvalue weighted by molar-refractivity contribution is 6.06. The number of rotatable bonds is 4. The molecule has 6 heteroatoms. The number of benzene rings is 3. The first-order valence-corrected chi connectivity index (χ1v) is 9.23. The molecule has 0 atom stereocenters. The van der Waals surface area contributed by atoms with Gasteiger partial charge in [0.25, 0.3) is 5.91 Å². The van der Waals surface area contributed by atoms with Crippen LogP contribution in [0.2, 0.25) is 0 Å². The third-order valence-corrected chi connectivity index (χ3v) is 4.69. The number of aromatic amines is 1. The standard InChI is InChI=1S/C23H17N5O/c29-23(16-14-24-28(15-16)17-8-2-1-3-9-17)27-19-11-5-4-10-18(19)22-25-20-12-6-7-13-21(20)26-22/h1-15H,(H,25,26)(H,27,29). The van der Waals surface area contributed by atoms with Crippen LogP contribution in [-0.2, 0) is 0 Å². The quantitative estimate of drug-likeness (QED) is 0.476. The topological polar surface area (TPSA) is 75.6 Å². The maximum absolute atomic E-state index is 12.8.